The summed E-state index contributed by atoms with van der Waals surface area (Å²) in [4.78, 5) is 1.22. The van der Waals surface area contributed by atoms with Crippen molar-refractivity contribution in [2.24, 2.45) is 0 Å². The number of thioether (sulfide) groups is 1. The van der Waals surface area contributed by atoms with Crippen molar-refractivity contribution >= 4 is 34.9 Å². The zero-order chi connectivity index (χ0) is 19.6. The quantitative estimate of drug-likeness (QED) is 0.427. The third kappa shape index (κ3) is 4.30. The Morgan fingerprint density at radius 3 is 2.52 bits per heavy atom. The first-order valence-electron chi connectivity index (χ1n) is 8.58. The van der Waals surface area contributed by atoms with Crippen molar-refractivity contribution in [1.29, 1.82) is 0 Å². The molecule has 7 heteroatoms. The molecule has 0 aliphatic rings. The highest BCUT2D eigenvalue weighted by molar-refractivity contribution is 8.00. The molecule has 144 valence electrons. The van der Waals surface area contributed by atoms with Crippen molar-refractivity contribution in [1.82, 2.24) is 9.61 Å². The zero-order valence-corrected chi connectivity index (χ0v) is 18.1. The summed E-state index contributed by atoms with van der Waals surface area (Å²) in [6.45, 7) is 6.65. The number of methoxy groups -OCH3 is 2. The normalized spacial score (nSPS) is 11.6. The van der Waals surface area contributed by atoms with E-state index in [2.05, 4.69) is 48.8 Å². The molecule has 0 spiro atoms. The molecule has 5 nitrogen and oxygen atoms in total. The van der Waals surface area contributed by atoms with E-state index in [1.54, 1.807) is 14.2 Å². The van der Waals surface area contributed by atoms with Crippen molar-refractivity contribution in [2.45, 2.75) is 30.4 Å². The van der Waals surface area contributed by atoms with Crippen molar-refractivity contribution in [2.75, 3.05) is 25.2 Å². The molecule has 0 atom stereocenters. The third-order valence-corrected chi connectivity index (χ3v) is 5.44. The van der Waals surface area contributed by atoms with Gasteiger partial charge in [0.25, 0.3) is 0 Å². The lowest BCUT2D eigenvalue weighted by Crippen LogP contribution is -2.06. The molecule has 0 radical (unpaired) electrons. The molecule has 0 saturated carbocycles. The molecule has 0 unspecified atom stereocenters. The second-order valence-electron chi connectivity index (χ2n) is 7.03. The van der Waals surface area contributed by atoms with Gasteiger partial charge in [0.2, 0.25) is 0 Å². The highest BCUT2D eigenvalue weighted by atomic mass is 32.2. The van der Waals surface area contributed by atoms with Gasteiger partial charge in [0, 0.05) is 27.7 Å². The Kier molecular flexibility index (Phi) is 5.81. The van der Waals surface area contributed by atoms with Crippen LogP contribution >= 0.6 is 23.7 Å². The highest BCUT2D eigenvalue weighted by Gasteiger charge is 2.17. The number of nitrogens with one attached hydrogen (secondary N) is 1. The number of nitrogens with zero attached hydrogens (tertiary/aromatic N) is 2. The predicted octanol–water partition coefficient (Wildman–Crippen LogP) is 5.60. The molecule has 2 heterocycles. The van der Waals surface area contributed by atoms with Gasteiger partial charge in [-0.15, -0.1) is 11.8 Å². The number of anilines is 1. The minimum Gasteiger partial charge on any atom is -0.493 e. The fraction of sp³-hybridized carbons (Fsp3) is 0.350. The lowest BCUT2D eigenvalue weighted by Gasteiger charge is -2.17. The van der Waals surface area contributed by atoms with Gasteiger partial charge in [0.15, 0.2) is 11.5 Å². The first-order chi connectivity index (χ1) is 12.9. The molecule has 0 bridgehead atoms. The van der Waals surface area contributed by atoms with E-state index >= 15 is 0 Å². The van der Waals surface area contributed by atoms with Crippen LogP contribution in [-0.2, 0) is 0 Å². The van der Waals surface area contributed by atoms with Gasteiger partial charge >= 0.3 is 0 Å². The molecule has 0 aliphatic carbocycles. The predicted molar refractivity (Wildman–Crippen MR) is 116 cm³/mol. The Hall–Kier alpha value is -1.99. The fourth-order valence-electron chi connectivity index (χ4n) is 2.91. The summed E-state index contributed by atoms with van der Waals surface area (Å²) in [5.41, 5.74) is 4.01. The Labute approximate surface area is 169 Å². The molecular formula is C20H25N3O2S2. The van der Waals surface area contributed by atoms with E-state index < -0.39 is 0 Å². The van der Waals surface area contributed by atoms with Crippen molar-refractivity contribution in [3.05, 3.63) is 36.7 Å². The van der Waals surface area contributed by atoms with Gasteiger partial charge < -0.3 is 14.2 Å². The van der Waals surface area contributed by atoms with Crippen LogP contribution in [0.3, 0.4) is 0 Å². The van der Waals surface area contributed by atoms with Crippen LogP contribution in [0.5, 0.6) is 11.5 Å². The van der Waals surface area contributed by atoms with Crippen LogP contribution in [0.4, 0.5) is 5.69 Å². The molecule has 2 aromatic heterocycles. The summed E-state index contributed by atoms with van der Waals surface area (Å²) in [5.74, 6) is 1.38. The van der Waals surface area contributed by atoms with E-state index in [4.69, 9.17) is 9.47 Å². The zero-order valence-electron chi connectivity index (χ0n) is 16.5. The molecule has 0 amide bonds. The standard InChI is InChI=1S/C20H25N3O2S2/c1-20(2,3)27-14-7-8-23-17(11-14)15(12-21-23)13-9-16(22-26-6)19(25-5)18(10-13)24-4/h7-12,22H,1-6H3. The van der Waals surface area contributed by atoms with E-state index in [0.717, 1.165) is 22.3 Å². The number of aromatic nitrogens is 2. The molecule has 0 saturated heterocycles. The number of hydrogen-bond acceptors (Lipinski definition) is 6. The Morgan fingerprint density at radius 2 is 1.89 bits per heavy atom. The number of hydrogen-bond donors (Lipinski definition) is 1. The Morgan fingerprint density at radius 1 is 1.11 bits per heavy atom. The van der Waals surface area contributed by atoms with Crippen LogP contribution in [0.15, 0.2) is 41.6 Å². The van der Waals surface area contributed by atoms with E-state index in [-0.39, 0.29) is 4.75 Å². The minimum absolute atomic E-state index is 0.150. The Bertz CT molecular complexity index is 948. The summed E-state index contributed by atoms with van der Waals surface area (Å²) < 4.78 is 16.4. The first-order valence-corrected chi connectivity index (χ1v) is 10.6. The van der Waals surface area contributed by atoms with Gasteiger partial charge in [-0.1, -0.05) is 32.7 Å². The molecular weight excluding hydrogens is 378 g/mol. The summed E-state index contributed by atoms with van der Waals surface area (Å²) in [6.07, 6.45) is 5.88. The maximum Gasteiger partial charge on any atom is 0.184 e. The van der Waals surface area contributed by atoms with E-state index in [1.807, 2.05) is 41.0 Å². The van der Waals surface area contributed by atoms with Gasteiger partial charge in [-0.3, -0.25) is 0 Å². The molecule has 3 rings (SSSR count). The van der Waals surface area contributed by atoms with Gasteiger partial charge in [0.1, 0.15) is 0 Å². The minimum atomic E-state index is 0.150. The fourth-order valence-corrected chi connectivity index (χ4v) is 4.28. The van der Waals surface area contributed by atoms with Crippen LogP contribution in [0.1, 0.15) is 20.8 Å². The maximum atomic E-state index is 5.56. The average molecular weight is 404 g/mol. The first kappa shape index (κ1) is 19.8. The largest absolute Gasteiger partial charge is 0.493 e. The van der Waals surface area contributed by atoms with Crippen LogP contribution in [-0.4, -0.2) is 34.8 Å². The topological polar surface area (TPSA) is 47.8 Å². The molecule has 27 heavy (non-hydrogen) atoms. The van der Waals surface area contributed by atoms with Gasteiger partial charge in [-0.25, -0.2) is 4.52 Å². The summed E-state index contributed by atoms with van der Waals surface area (Å²) in [5, 5.41) is 4.52. The lowest BCUT2D eigenvalue weighted by atomic mass is 10.1. The highest BCUT2D eigenvalue weighted by Crippen LogP contribution is 2.42. The molecule has 3 aromatic rings. The summed E-state index contributed by atoms with van der Waals surface area (Å²) in [7, 11) is 3.30. The second kappa shape index (κ2) is 7.94. The van der Waals surface area contributed by atoms with E-state index in [0.29, 0.717) is 11.5 Å². The van der Waals surface area contributed by atoms with Gasteiger partial charge in [0.05, 0.1) is 31.6 Å². The number of benzene rings is 1. The SMILES string of the molecule is COc1cc(-c2cnn3ccc(SC(C)(C)C)cc23)cc(NSC)c1OC. The molecule has 1 aromatic carbocycles. The average Bonchev–Trinajstić information content (AvgIpc) is 3.03. The van der Waals surface area contributed by atoms with Crippen LogP contribution in [0, 0.1) is 0 Å². The number of rotatable bonds is 6. The van der Waals surface area contributed by atoms with Crippen molar-refractivity contribution in [3.63, 3.8) is 0 Å². The molecule has 0 fully saturated rings. The summed E-state index contributed by atoms with van der Waals surface area (Å²) in [6, 6.07) is 8.36. The second-order valence-corrected chi connectivity index (χ2v) is 9.54. The van der Waals surface area contributed by atoms with Crippen LogP contribution in [0.25, 0.3) is 16.6 Å². The van der Waals surface area contributed by atoms with Gasteiger partial charge in [-0.2, -0.15) is 5.10 Å². The van der Waals surface area contributed by atoms with E-state index in [9.17, 15) is 0 Å². The monoisotopic (exact) mass is 403 g/mol. The van der Waals surface area contributed by atoms with Gasteiger partial charge in [-0.05, 0) is 29.8 Å². The lowest BCUT2D eigenvalue weighted by molar-refractivity contribution is 0.357. The van der Waals surface area contributed by atoms with Crippen LogP contribution < -0.4 is 14.2 Å². The Balaban J connectivity index is 2.14. The van der Waals surface area contributed by atoms with Crippen LogP contribution in [0.2, 0.25) is 0 Å². The number of ether oxygens (including phenoxy) is 2. The molecule has 1 N–H and O–H groups in total. The smallest absolute Gasteiger partial charge is 0.184 e. The van der Waals surface area contributed by atoms with Crippen molar-refractivity contribution in [3.8, 4) is 22.6 Å². The molecule has 0 aliphatic heterocycles. The summed E-state index contributed by atoms with van der Waals surface area (Å²) >= 11 is 3.36. The maximum absolute atomic E-state index is 5.56. The van der Waals surface area contributed by atoms with Crippen molar-refractivity contribution < 1.29 is 9.47 Å². The van der Waals surface area contributed by atoms with E-state index in [1.165, 1.54) is 16.8 Å². The third-order valence-electron chi connectivity index (χ3n) is 3.92. The number of fused-ring (bicyclic) bond motifs is 1. The number of pyridine rings is 1.